The molecule has 0 bridgehead atoms. The second-order valence-electron chi connectivity index (χ2n) is 7.78. The summed E-state index contributed by atoms with van der Waals surface area (Å²) in [4.78, 5) is 27.9. The molecule has 0 amide bonds. The van der Waals surface area contributed by atoms with Crippen LogP contribution in [0.25, 0.3) is 17.0 Å². The normalized spacial score (nSPS) is 18.4. The van der Waals surface area contributed by atoms with Crippen LogP contribution in [0.3, 0.4) is 0 Å². The van der Waals surface area contributed by atoms with E-state index in [1.807, 2.05) is 21.4 Å². The number of carboxylic acid groups (broad SMARTS) is 1. The van der Waals surface area contributed by atoms with E-state index in [2.05, 4.69) is 25.8 Å². The monoisotopic (exact) mass is 352 g/mol. The van der Waals surface area contributed by atoms with Gasteiger partial charge in [0.05, 0.1) is 36.2 Å². The van der Waals surface area contributed by atoms with Crippen molar-refractivity contribution in [1.29, 1.82) is 0 Å². The first-order valence-corrected chi connectivity index (χ1v) is 8.54. The van der Waals surface area contributed by atoms with Crippen molar-refractivity contribution in [2.24, 2.45) is 10.4 Å². The van der Waals surface area contributed by atoms with Gasteiger partial charge in [0.1, 0.15) is 5.56 Å². The molecule has 0 saturated heterocycles. The number of aromatic nitrogens is 3. The maximum absolute atomic E-state index is 12.3. The van der Waals surface area contributed by atoms with Crippen LogP contribution in [0, 0.1) is 5.41 Å². The van der Waals surface area contributed by atoms with E-state index >= 15 is 0 Å². The molecule has 0 saturated carbocycles. The molecule has 134 valence electrons. The molecule has 0 fully saturated rings. The Kier molecular flexibility index (Phi) is 3.50. The molecule has 7 nitrogen and oxygen atoms in total. The van der Waals surface area contributed by atoms with Crippen molar-refractivity contribution in [3.05, 3.63) is 45.9 Å². The Bertz CT molecular complexity index is 1030. The van der Waals surface area contributed by atoms with Crippen molar-refractivity contribution < 1.29 is 9.90 Å². The third kappa shape index (κ3) is 2.51. The predicted octanol–water partition coefficient (Wildman–Crippen LogP) is 2.48. The highest BCUT2D eigenvalue weighted by Gasteiger charge is 2.34. The van der Waals surface area contributed by atoms with E-state index in [9.17, 15) is 14.7 Å². The molecule has 2 aliphatic rings. The van der Waals surface area contributed by atoms with E-state index in [0.717, 1.165) is 17.0 Å². The van der Waals surface area contributed by atoms with Crippen molar-refractivity contribution in [3.63, 3.8) is 0 Å². The molecule has 1 atom stereocenters. The summed E-state index contributed by atoms with van der Waals surface area (Å²) < 4.78 is 3.83. The number of hydrogen-bond acceptors (Lipinski definition) is 4. The molecule has 0 aromatic carbocycles. The lowest BCUT2D eigenvalue weighted by molar-refractivity contribution is 0.0693. The Morgan fingerprint density at radius 1 is 1.27 bits per heavy atom. The summed E-state index contributed by atoms with van der Waals surface area (Å²) in [5, 5.41) is 14.1. The van der Waals surface area contributed by atoms with E-state index in [4.69, 9.17) is 5.10 Å². The van der Waals surface area contributed by atoms with Crippen molar-refractivity contribution in [2.45, 2.75) is 33.4 Å². The summed E-state index contributed by atoms with van der Waals surface area (Å²) >= 11 is 0. The number of aromatic carboxylic acids is 1. The SMILES string of the molecule is CC(C)(C)[C@@H]1Cn2nc(C3=CCN=C3)cc2-c2cc(=O)c(C(=O)O)cn21. The fraction of sp³-hybridized carbons (Fsp3) is 0.368. The highest BCUT2D eigenvalue weighted by atomic mass is 16.4. The zero-order valence-electron chi connectivity index (χ0n) is 14.9. The van der Waals surface area contributed by atoms with Crippen LogP contribution in [-0.2, 0) is 6.54 Å². The van der Waals surface area contributed by atoms with Gasteiger partial charge in [0, 0.05) is 24.1 Å². The second kappa shape index (κ2) is 5.52. The fourth-order valence-electron chi connectivity index (χ4n) is 3.55. The van der Waals surface area contributed by atoms with E-state index in [1.165, 1.54) is 12.3 Å². The Hall–Kier alpha value is -2.96. The van der Waals surface area contributed by atoms with Crippen LogP contribution in [0.5, 0.6) is 0 Å². The minimum Gasteiger partial charge on any atom is -0.477 e. The molecule has 1 N–H and O–H groups in total. The number of pyridine rings is 1. The third-order valence-electron chi connectivity index (χ3n) is 4.98. The summed E-state index contributed by atoms with van der Waals surface area (Å²) in [7, 11) is 0. The van der Waals surface area contributed by atoms with Crippen LogP contribution in [0.15, 0.2) is 34.2 Å². The average Bonchev–Trinajstić information content (AvgIpc) is 3.21. The molecular formula is C19H20N4O3. The lowest BCUT2D eigenvalue weighted by Crippen LogP contribution is -2.35. The number of aliphatic imine (C=N–C) groups is 1. The molecular weight excluding hydrogens is 332 g/mol. The van der Waals surface area contributed by atoms with Crippen LogP contribution in [0.4, 0.5) is 0 Å². The predicted molar refractivity (Wildman–Crippen MR) is 98.7 cm³/mol. The molecule has 0 spiro atoms. The standard InChI is InChI=1S/C19H20N4O3/c1-19(2,3)17-10-23-15(6-13(21-23)11-4-5-20-8-11)14-7-16(24)12(18(25)26)9-22(14)17/h4,6-9,17H,5,10H2,1-3H3,(H,25,26)/t17-/m0/s1. The summed E-state index contributed by atoms with van der Waals surface area (Å²) in [6, 6.07) is 3.33. The largest absolute Gasteiger partial charge is 0.477 e. The number of nitrogens with zero attached hydrogens (tertiary/aromatic N) is 4. The number of allylic oxidation sites excluding steroid dienone is 1. The first-order valence-electron chi connectivity index (χ1n) is 8.54. The van der Waals surface area contributed by atoms with E-state index in [1.54, 1.807) is 6.21 Å². The second-order valence-corrected chi connectivity index (χ2v) is 7.78. The smallest absolute Gasteiger partial charge is 0.341 e. The van der Waals surface area contributed by atoms with Gasteiger partial charge in [-0.2, -0.15) is 5.10 Å². The average molecular weight is 352 g/mol. The Balaban J connectivity index is 1.95. The topological polar surface area (TPSA) is 89.5 Å². The summed E-state index contributed by atoms with van der Waals surface area (Å²) in [6.07, 6.45) is 5.29. The maximum atomic E-state index is 12.3. The lowest BCUT2D eigenvalue weighted by atomic mass is 9.85. The molecule has 7 heteroatoms. The molecule has 4 heterocycles. The third-order valence-corrected chi connectivity index (χ3v) is 4.98. The first-order chi connectivity index (χ1) is 12.3. The highest BCUT2D eigenvalue weighted by Crippen LogP contribution is 2.40. The van der Waals surface area contributed by atoms with Crippen LogP contribution in [0.2, 0.25) is 0 Å². The molecule has 0 unspecified atom stereocenters. The van der Waals surface area contributed by atoms with Crippen LogP contribution < -0.4 is 5.43 Å². The zero-order chi connectivity index (χ0) is 18.6. The number of hydrogen-bond donors (Lipinski definition) is 1. The van der Waals surface area contributed by atoms with Gasteiger partial charge in [-0.1, -0.05) is 26.8 Å². The van der Waals surface area contributed by atoms with Gasteiger partial charge < -0.3 is 9.67 Å². The Morgan fingerprint density at radius 3 is 2.65 bits per heavy atom. The molecule has 26 heavy (non-hydrogen) atoms. The van der Waals surface area contributed by atoms with Crippen molar-refractivity contribution in [2.75, 3.05) is 6.54 Å². The lowest BCUT2D eigenvalue weighted by Gasteiger charge is -2.38. The van der Waals surface area contributed by atoms with E-state index < -0.39 is 11.4 Å². The molecule has 2 aromatic heterocycles. The number of carbonyl (C=O) groups is 1. The van der Waals surface area contributed by atoms with Crippen LogP contribution >= 0.6 is 0 Å². The molecule has 2 aromatic rings. The van der Waals surface area contributed by atoms with E-state index in [0.29, 0.717) is 18.8 Å². The number of rotatable bonds is 2. The van der Waals surface area contributed by atoms with Crippen LogP contribution in [0.1, 0.15) is 42.9 Å². The van der Waals surface area contributed by atoms with Crippen molar-refractivity contribution >= 4 is 17.8 Å². The fourth-order valence-corrected chi connectivity index (χ4v) is 3.55. The Labute approximate surface area is 150 Å². The van der Waals surface area contributed by atoms with Gasteiger partial charge in [-0.25, -0.2) is 4.79 Å². The number of carboxylic acids is 1. The molecule has 0 aliphatic carbocycles. The van der Waals surface area contributed by atoms with Crippen molar-refractivity contribution in [3.8, 4) is 11.4 Å². The minimum atomic E-state index is -1.20. The van der Waals surface area contributed by atoms with Gasteiger partial charge in [-0.15, -0.1) is 0 Å². The quantitative estimate of drug-likeness (QED) is 0.899. The van der Waals surface area contributed by atoms with Gasteiger partial charge in [-0.05, 0) is 11.5 Å². The molecule has 4 rings (SSSR count). The highest BCUT2D eigenvalue weighted by molar-refractivity contribution is 6.11. The zero-order valence-corrected chi connectivity index (χ0v) is 14.9. The summed E-state index contributed by atoms with van der Waals surface area (Å²) in [5.41, 5.74) is 2.46. The van der Waals surface area contributed by atoms with E-state index in [-0.39, 0.29) is 17.0 Å². The van der Waals surface area contributed by atoms with Gasteiger partial charge in [0.25, 0.3) is 0 Å². The Morgan fingerprint density at radius 2 is 2.04 bits per heavy atom. The van der Waals surface area contributed by atoms with Crippen LogP contribution in [-0.4, -0.2) is 38.2 Å². The first kappa shape index (κ1) is 16.5. The summed E-state index contributed by atoms with van der Waals surface area (Å²) in [5.74, 6) is -1.20. The summed E-state index contributed by atoms with van der Waals surface area (Å²) in [6.45, 7) is 7.56. The number of fused-ring (bicyclic) bond motifs is 3. The van der Waals surface area contributed by atoms with Gasteiger partial charge in [0.2, 0.25) is 0 Å². The van der Waals surface area contributed by atoms with Gasteiger partial charge >= 0.3 is 5.97 Å². The molecule has 2 aliphatic heterocycles. The van der Waals surface area contributed by atoms with Gasteiger partial charge in [-0.3, -0.25) is 14.5 Å². The molecule has 0 radical (unpaired) electrons. The maximum Gasteiger partial charge on any atom is 0.341 e. The van der Waals surface area contributed by atoms with Gasteiger partial charge in [0.15, 0.2) is 5.43 Å². The minimum absolute atomic E-state index is 0.0253. The van der Waals surface area contributed by atoms with Crippen molar-refractivity contribution in [1.82, 2.24) is 14.3 Å².